The summed E-state index contributed by atoms with van der Waals surface area (Å²) >= 11 is 0. The van der Waals surface area contributed by atoms with Gasteiger partial charge in [0.15, 0.2) is 17.1 Å². The molecule has 0 aliphatic carbocycles. The Kier molecular flexibility index (Phi) is 3.65. The molecule has 0 amide bonds. The number of epoxide rings is 1. The molecule has 5 nitrogen and oxygen atoms in total. The van der Waals surface area contributed by atoms with Crippen LogP contribution in [0.5, 0.6) is 11.5 Å². The molecular weight excluding hydrogens is 260 g/mol. The van der Waals surface area contributed by atoms with Crippen molar-refractivity contribution < 1.29 is 23.7 Å². The van der Waals surface area contributed by atoms with Crippen LogP contribution in [-0.2, 0) is 20.7 Å². The monoisotopic (exact) mass is 280 g/mol. The van der Waals surface area contributed by atoms with E-state index < -0.39 is 11.2 Å². The van der Waals surface area contributed by atoms with E-state index in [2.05, 4.69) is 0 Å². The van der Waals surface area contributed by atoms with Crippen molar-refractivity contribution in [2.75, 3.05) is 21.3 Å². The Morgan fingerprint density at radius 2 is 1.80 bits per heavy atom. The Bertz CT molecular complexity index is 527. The van der Waals surface area contributed by atoms with Gasteiger partial charge in [0.05, 0.1) is 21.3 Å². The molecule has 0 saturated carbocycles. The van der Waals surface area contributed by atoms with Gasteiger partial charge in [-0.15, -0.1) is 0 Å². The Morgan fingerprint density at radius 1 is 1.15 bits per heavy atom. The summed E-state index contributed by atoms with van der Waals surface area (Å²) in [4.78, 5) is 11.7. The Morgan fingerprint density at radius 3 is 2.35 bits per heavy atom. The van der Waals surface area contributed by atoms with E-state index in [0.29, 0.717) is 17.9 Å². The smallest absolute Gasteiger partial charge is 0.340 e. The van der Waals surface area contributed by atoms with Crippen LogP contribution in [0.1, 0.15) is 19.4 Å². The minimum atomic E-state index is -0.880. The maximum absolute atomic E-state index is 11.7. The molecule has 2 unspecified atom stereocenters. The molecular formula is C15H20O5. The molecule has 1 aliphatic rings. The summed E-state index contributed by atoms with van der Waals surface area (Å²) in [5.41, 5.74) is -0.424. The summed E-state index contributed by atoms with van der Waals surface area (Å²) < 4.78 is 20.9. The van der Waals surface area contributed by atoms with Crippen molar-refractivity contribution in [2.24, 2.45) is 0 Å². The quantitative estimate of drug-likeness (QED) is 0.609. The second kappa shape index (κ2) is 4.98. The van der Waals surface area contributed by atoms with E-state index in [1.54, 1.807) is 21.1 Å². The summed E-state index contributed by atoms with van der Waals surface area (Å²) in [6.45, 7) is 3.65. The maximum atomic E-state index is 11.7. The summed E-state index contributed by atoms with van der Waals surface area (Å²) in [5.74, 6) is 0.989. The number of rotatable bonds is 5. The molecule has 0 bridgehead atoms. The van der Waals surface area contributed by atoms with Crippen molar-refractivity contribution >= 4 is 5.97 Å². The topological polar surface area (TPSA) is 57.3 Å². The van der Waals surface area contributed by atoms with Gasteiger partial charge in [0.25, 0.3) is 0 Å². The van der Waals surface area contributed by atoms with Gasteiger partial charge < -0.3 is 18.9 Å². The first-order valence-corrected chi connectivity index (χ1v) is 6.39. The van der Waals surface area contributed by atoms with E-state index in [4.69, 9.17) is 18.9 Å². The molecule has 1 aromatic rings. The third-order valence-corrected chi connectivity index (χ3v) is 3.96. The van der Waals surface area contributed by atoms with Gasteiger partial charge in [0, 0.05) is 6.42 Å². The summed E-state index contributed by atoms with van der Waals surface area (Å²) in [6.07, 6.45) is 0.596. The highest BCUT2D eigenvalue weighted by Gasteiger charge is 2.69. The maximum Gasteiger partial charge on any atom is 0.340 e. The van der Waals surface area contributed by atoms with Gasteiger partial charge in [-0.05, 0) is 31.5 Å². The lowest BCUT2D eigenvalue weighted by molar-refractivity contribution is -0.146. The van der Waals surface area contributed by atoms with Gasteiger partial charge in [-0.3, -0.25) is 0 Å². The average Bonchev–Trinajstić information content (AvgIpc) is 3.00. The van der Waals surface area contributed by atoms with Crippen molar-refractivity contribution in [1.29, 1.82) is 0 Å². The lowest BCUT2D eigenvalue weighted by Gasteiger charge is -2.13. The van der Waals surface area contributed by atoms with Crippen LogP contribution < -0.4 is 9.47 Å². The predicted octanol–water partition coefficient (Wildman–Crippen LogP) is 1.97. The van der Waals surface area contributed by atoms with Gasteiger partial charge >= 0.3 is 5.97 Å². The van der Waals surface area contributed by atoms with E-state index in [9.17, 15) is 4.79 Å². The lowest BCUT2D eigenvalue weighted by atomic mass is 9.89. The first-order valence-electron chi connectivity index (χ1n) is 6.39. The lowest BCUT2D eigenvalue weighted by Crippen LogP contribution is -2.32. The number of benzene rings is 1. The van der Waals surface area contributed by atoms with Gasteiger partial charge in [-0.1, -0.05) is 6.07 Å². The van der Waals surface area contributed by atoms with Crippen LogP contribution in [0.3, 0.4) is 0 Å². The number of hydrogen-bond acceptors (Lipinski definition) is 5. The number of esters is 1. The highest BCUT2D eigenvalue weighted by atomic mass is 16.7. The van der Waals surface area contributed by atoms with Crippen LogP contribution in [0.25, 0.3) is 0 Å². The SMILES string of the molecule is COC(=O)C1(C)OC1(C)Cc1ccc(OC)c(OC)c1. The minimum absolute atomic E-state index is 0.347. The predicted molar refractivity (Wildman–Crippen MR) is 73.2 cm³/mol. The third kappa shape index (κ3) is 2.22. The molecule has 110 valence electrons. The molecule has 1 aliphatic heterocycles. The number of hydrogen-bond donors (Lipinski definition) is 0. The van der Waals surface area contributed by atoms with Crippen LogP contribution >= 0.6 is 0 Å². The fourth-order valence-electron chi connectivity index (χ4n) is 2.46. The van der Waals surface area contributed by atoms with Crippen LogP contribution in [0, 0.1) is 0 Å². The molecule has 1 aromatic carbocycles. The zero-order valence-corrected chi connectivity index (χ0v) is 12.5. The molecule has 0 radical (unpaired) electrons. The van der Waals surface area contributed by atoms with E-state index in [-0.39, 0.29) is 5.97 Å². The standard InChI is InChI=1S/C15H20O5/c1-14(15(2,20-14)13(16)19-5)9-10-6-7-11(17-3)12(8-10)18-4/h6-8H,9H2,1-5H3. The molecule has 1 saturated heterocycles. The van der Waals surface area contributed by atoms with Crippen molar-refractivity contribution in [2.45, 2.75) is 31.5 Å². The molecule has 2 atom stereocenters. The summed E-state index contributed by atoms with van der Waals surface area (Å²) in [6, 6.07) is 5.67. The number of carbonyl (C=O) groups is 1. The largest absolute Gasteiger partial charge is 0.493 e. The third-order valence-electron chi connectivity index (χ3n) is 3.96. The molecule has 0 spiro atoms. The van der Waals surface area contributed by atoms with Crippen LogP contribution in [-0.4, -0.2) is 38.5 Å². The molecule has 5 heteroatoms. The fraction of sp³-hybridized carbons (Fsp3) is 0.533. The van der Waals surface area contributed by atoms with Crippen molar-refractivity contribution in [3.8, 4) is 11.5 Å². The van der Waals surface area contributed by atoms with Crippen molar-refractivity contribution in [3.05, 3.63) is 23.8 Å². The Balaban J connectivity index is 2.18. The van der Waals surface area contributed by atoms with Crippen LogP contribution in [0.2, 0.25) is 0 Å². The van der Waals surface area contributed by atoms with Crippen LogP contribution in [0.15, 0.2) is 18.2 Å². The summed E-state index contributed by atoms with van der Waals surface area (Å²) in [5, 5.41) is 0. The van der Waals surface area contributed by atoms with Gasteiger partial charge in [0.2, 0.25) is 0 Å². The van der Waals surface area contributed by atoms with Crippen molar-refractivity contribution in [3.63, 3.8) is 0 Å². The second-order valence-corrected chi connectivity index (χ2v) is 5.22. The van der Waals surface area contributed by atoms with E-state index in [1.807, 2.05) is 25.1 Å². The normalized spacial score (nSPS) is 27.9. The number of ether oxygens (including phenoxy) is 4. The fourth-order valence-corrected chi connectivity index (χ4v) is 2.46. The van der Waals surface area contributed by atoms with E-state index >= 15 is 0 Å². The number of carbonyl (C=O) groups excluding carboxylic acids is 1. The Labute approximate surface area is 118 Å². The van der Waals surface area contributed by atoms with Gasteiger partial charge in [-0.2, -0.15) is 0 Å². The molecule has 2 rings (SSSR count). The zero-order chi connectivity index (χ0) is 15.0. The molecule has 0 N–H and O–H groups in total. The first kappa shape index (κ1) is 14.7. The molecule has 1 heterocycles. The van der Waals surface area contributed by atoms with Gasteiger partial charge in [0.1, 0.15) is 5.60 Å². The molecule has 20 heavy (non-hydrogen) atoms. The zero-order valence-electron chi connectivity index (χ0n) is 12.5. The highest BCUT2D eigenvalue weighted by molar-refractivity contribution is 5.84. The van der Waals surface area contributed by atoms with E-state index in [0.717, 1.165) is 5.56 Å². The van der Waals surface area contributed by atoms with Crippen LogP contribution in [0.4, 0.5) is 0 Å². The highest BCUT2D eigenvalue weighted by Crippen LogP contribution is 2.50. The number of methoxy groups -OCH3 is 3. The van der Waals surface area contributed by atoms with E-state index in [1.165, 1.54) is 7.11 Å². The second-order valence-electron chi connectivity index (χ2n) is 5.22. The Hall–Kier alpha value is -1.75. The first-order chi connectivity index (χ1) is 9.40. The summed E-state index contributed by atoms with van der Waals surface area (Å²) in [7, 11) is 4.55. The molecule has 1 fully saturated rings. The van der Waals surface area contributed by atoms with Gasteiger partial charge in [-0.25, -0.2) is 4.79 Å². The van der Waals surface area contributed by atoms with Crippen molar-refractivity contribution in [1.82, 2.24) is 0 Å². The molecule has 0 aromatic heterocycles. The average molecular weight is 280 g/mol. The minimum Gasteiger partial charge on any atom is -0.493 e.